The standard InChI is InChI=1S/C13H18O2/c1-8(2)13(14)11-6-9(3)10(4)7-12(11)15-5/h6-8H,1-5H3. The van der Waals surface area contributed by atoms with E-state index in [0.717, 1.165) is 11.1 Å². The highest BCUT2D eigenvalue weighted by molar-refractivity contribution is 6.00. The number of aryl methyl sites for hydroxylation is 2. The molecule has 15 heavy (non-hydrogen) atoms. The first-order chi connectivity index (χ1) is 6.97. The molecule has 1 aromatic rings. The minimum absolute atomic E-state index is 0.000932. The maximum atomic E-state index is 11.9. The summed E-state index contributed by atoms with van der Waals surface area (Å²) in [5.41, 5.74) is 2.96. The molecule has 0 aliphatic heterocycles. The molecule has 0 radical (unpaired) electrons. The Morgan fingerprint density at radius 1 is 1.20 bits per heavy atom. The Kier molecular flexibility index (Phi) is 3.51. The Bertz CT molecular complexity index is 378. The van der Waals surface area contributed by atoms with Gasteiger partial charge < -0.3 is 4.74 Å². The second-order valence-corrected chi connectivity index (χ2v) is 4.16. The summed E-state index contributed by atoms with van der Waals surface area (Å²) in [6, 6.07) is 3.83. The number of rotatable bonds is 3. The summed E-state index contributed by atoms with van der Waals surface area (Å²) in [6.07, 6.45) is 0. The van der Waals surface area contributed by atoms with Crippen molar-refractivity contribution in [3.05, 3.63) is 28.8 Å². The smallest absolute Gasteiger partial charge is 0.169 e. The minimum Gasteiger partial charge on any atom is -0.496 e. The number of hydrogen-bond donors (Lipinski definition) is 0. The van der Waals surface area contributed by atoms with Crippen LogP contribution in [0.15, 0.2) is 12.1 Å². The van der Waals surface area contributed by atoms with E-state index in [1.807, 2.05) is 39.8 Å². The third-order valence-electron chi connectivity index (χ3n) is 2.61. The molecule has 0 amide bonds. The SMILES string of the molecule is COc1cc(C)c(C)cc1C(=O)C(C)C. The molecule has 0 atom stereocenters. The van der Waals surface area contributed by atoms with Crippen molar-refractivity contribution in [1.82, 2.24) is 0 Å². The lowest BCUT2D eigenvalue weighted by molar-refractivity contribution is 0.0936. The highest BCUT2D eigenvalue weighted by Gasteiger charge is 2.16. The molecule has 2 heteroatoms. The van der Waals surface area contributed by atoms with Crippen LogP contribution in [0.2, 0.25) is 0 Å². The van der Waals surface area contributed by atoms with Gasteiger partial charge in [0.1, 0.15) is 5.75 Å². The fourth-order valence-corrected chi connectivity index (χ4v) is 1.46. The number of benzene rings is 1. The van der Waals surface area contributed by atoms with Gasteiger partial charge in [-0.25, -0.2) is 0 Å². The average Bonchev–Trinajstić information content (AvgIpc) is 2.20. The van der Waals surface area contributed by atoms with Gasteiger partial charge in [-0.05, 0) is 37.1 Å². The predicted molar refractivity (Wildman–Crippen MR) is 61.6 cm³/mol. The van der Waals surface area contributed by atoms with E-state index >= 15 is 0 Å². The number of carbonyl (C=O) groups is 1. The van der Waals surface area contributed by atoms with Gasteiger partial charge in [0.2, 0.25) is 0 Å². The number of ether oxygens (including phenoxy) is 1. The summed E-state index contributed by atoms with van der Waals surface area (Å²) in [5.74, 6) is 0.813. The maximum absolute atomic E-state index is 11.9. The van der Waals surface area contributed by atoms with Gasteiger partial charge in [0.15, 0.2) is 5.78 Å². The quantitative estimate of drug-likeness (QED) is 0.710. The molecule has 0 unspecified atom stereocenters. The minimum atomic E-state index is 0.000932. The molecule has 0 aliphatic rings. The highest BCUT2D eigenvalue weighted by Crippen LogP contribution is 2.25. The van der Waals surface area contributed by atoms with E-state index < -0.39 is 0 Å². The lowest BCUT2D eigenvalue weighted by atomic mass is 9.96. The molecular weight excluding hydrogens is 188 g/mol. The second-order valence-electron chi connectivity index (χ2n) is 4.16. The van der Waals surface area contributed by atoms with Crippen molar-refractivity contribution in [2.75, 3.05) is 7.11 Å². The van der Waals surface area contributed by atoms with Crippen LogP contribution in [0.1, 0.15) is 35.3 Å². The maximum Gasteiger partial charge on any atom is 0.169 e. The molecule has 0 saturated carbocycles. The van der Waals surface area contributed by atoms with Crippen LogP contribution in [-0.4, -0.2) is 12.9 Å². The Morgan fingerprint density at radius 2 is 1.73 bits per heavy atom. The summed E-state index contributed by atoms with van der Waals surface area (Å²) < 4.78 is 5.23. The van der Waals surface area contributed by atoms with Crippen molar-refractivity contribution >= 4 is 5.78 Å². The largest absolute Gasteiger partial charge is 0.496 e. The van der Waals surface area contributed by atoms with Gasteiger partial charge in [-0.2, -0.15) is 0 Å². The first kappa shape index (κ1) is 11.8. The van der Waals surface area contributed by atoms with Crippen LogP contribution < -0.4 is 4.74 Å². The molecule has 0 saturated heterocycles. The third kappa shape index (κ3) is 2.38. The summed E-state index contributed by atoms with van der Waals surface area (Å²) in [5, 5.41) is 0. The van der Waals surface area contributed by atoms with Gasteiger partial charge in [0, 0.05) is 5.92 Å². The van der Waals surface area contributed by atoms with E-state index in [-0.39, 0.29) is 11.7 Å². The fourth-order valence-electron chi connectivity index (χ4n) is 1.46. The lowest BCUT2D eigenvalue weighted by Gasteiger charge is -2.12. The van der Waals surface area contributed by atoms with Crippen molar-refractivity contribution in [2.45, 2.75) is 27.7 Å². The molecule has 0 spiro atoms. The van der Waals surface area contributed by atoms with Crippen LogP contribution in [-0.2, 0) is 0 Å². The summed E-state index contributed by atoms with van der Waals surface area (Å²) in [7, 11) is 1.60. The van der Waals surface area contributed by atoms with Crippen molar-refractivity contribution in [3.8, 4) is 5.75 Å². The van der Waals surface area contributed by atoms with Gasteiger partial charge in [0.05, 0.1) is 12.7 Å². The Morgan fingerprint density at radius 3 is 2.20 bits per heavy atom. The normalized spacial score (nSPS) is 10.5. The molecule has 0 heterocycles. The number of methoxy groups -OCH3 is 1. The highest BCUT2D eigenvalue weighted by atomic mass is 16.5. The Labute approximate surface area is 91.3 Å². The summed E-state index contributed by atoms with van der Waals surface area (Å²) >= 11 is 0. The predicted octanol–water partition coefficient (Wildman–Crippen LogP) is 3.15. The number of carbonyl (C=O) groups excluding carboxylic acids is 1. The van der Waals surface area contributed by atoms with Crippen molar-refractivity contribution in [2.24, 2.45) is 5.92 Å². The van der Waals surface area contributed by atoms with Gasteiger partial charge in [-0.1, -0.05) is 13.8 Å². The summed E-state index contributed by atoms with van der Waals surface area (Å²) in [6.45, 7) is 7.82. The summed E-state index contributed by atoms with van der Waals surface area (Å²) in [4.78, 5) is 11.9. The van der Waals surface area contributed by atoms with Gasteiger partial charge in [-0.3, -0.25) is 4.79 Å². The number of hydrogen-bond acceptors (Lipinski definition) is 2. The molecule has 0 aliphatic carbocycles. The van der Waals surface area contributed by atoms with E-state index in [4.69, 9.17) is 4.74 Å². The number of Topliss-reactive ketones (excluding diaryl/α,β-unsaturated/α-hetero) is 1. The first-order valence-electron chi connectivity index (χ1n) is 5.16. The monoisotopic (exact) mass is 206 g/mol. The average molecular weight is 206 g/mol. The molecule has 0 aromatic heterocycles. The molecule has 2 nitrogen and oxygen atoms in total. The first-order valence-corrected chi connectivity index (χ1v) is 5.16. The van der Waals surface area contributed by atoms with Crippen molar-refractivity contribution in [1.29, 1.82) is 0 Å². The van der Waals surface area contributed by atoms with Crippen LogP contribution in [0.5, 0.6) is 5.75 Å². The van der Waals surface area contributed by atoms with E-state index in [0.29, 0.717) is 11.3 Å². The molecule has 0 bridgehead atoms. The molecular formula is C13H18O2. The molecule has 1 aromatic carbocycles. The topological polar surface area (TPSA) is 26.3 Å². The zero-order valence-electron chi connectivity index (χ0n) is 10.0. The van der Waals surface area contributed by atoms with E-state index in [1.165, 1.54) is 0 Å². The van der Waals surface area contributed by atoms with Gasteiger partial charge >= 0.3 is 0 Å². The van der Waals surface area contributed by atoms with E-state index in [1.54, 1.807) is 7.11 Å². The second kappa shape index (κ2) is 4.47. The van der Waals surface area contributed by atoms with Crippen LogP contribution in [0.4, 0.5) is 0 Å². The van der Waals surface area contributed by atoms with E-state index in [9.17, 15) is 4.79 Å². The van der Waals surface area contributed by atoms with Gasteiger partial charge in [-0.15, -0.1) is 0 Å². The third-order valence-corrected chi connectivity index (χ3v) is 2.61. The number of ketones is 1. The fraction of sp³-hybridized carbons (Fsp3) is 0.462. The molecule has 82 valence electrons. The van der Waals surface area contributed by atoms with Crippen molar-refractivity contribution < 1.29 is 9.53 Å². The molecule has 1 rings (SSSR count). The Hall–Kier alpha value is -1.31. The zero-order chi connectivity index (χ0) is 11.6. The van der Waals surface area contributed by atoms with Crippen LogP contribution in [0.25, 0.3) is 0 Å². The Balaban J connectivity index is 3.27. The molecule has 0 fully saturated rings. The van der Waals surface area contributed by atoms with Crippen LogP contribution in [0.3, 0.4) is 0 Å². The van der Waals surface area contributed by atoms with Crippen LogP contribution >= 0.6 is 0 Å². The zero-order valence-corrected chi connectivity index (χ0v) is 10.0. The molecule has 0 N–H and O–H groups in total. The lowest BCUT2D eigenvalue weighted by Crippen LogP contribution is -2.10. The van der Waals surface area contributed by atoms with Crippen molar-refractivity contribution in [3.63, 3.8) is 0 Å². The van der Waals surface area contributed by atoms with Gasteiger partial charge in [0.25, 0.3) is 0 Å². The van der Waals surface area contributed by atoms with E-state index in [2.05, 4.69) is 0 Å². The van der Waals surface area contributed by atoms with Crippen LogP contribution in [0, 0.1) is 19.8 Å².